The van der Waals surface area contributed by atoms with Crippen LogP contribution in [0.2, 0.25) is 0 Å². The Kier molecular flexibility index (Phi) is 3.78. The average molecular weight is 284 g/mol. The second-order valence-corrected chi connectivity index (χ2v) is 3.95. The van der Waals surface area contributed by atoms with Gasteiger partial charge in [-0.05, 0) is 31.2 Å². The van der Waals surface area contributed by atoms with E-state index in [2.05, 4.69) is 10.2 Å². The number of halogens is 3. The van der Waals surface area contributed by atoms with Gasteiger partial charge in [-0.25, -0.2) is 5.10 Å². The molecule has 1 heterocycles. The normalized spacial score (nSPS) is 11.4. The summed E-state index contributed by atoms with van der Waals surface area (Å²) in [5.74, 6) is -0.229. The number of H-pyrrole nitrogens is 1. The number of aromatic nitrogens is 2. The van der Waals surface area contributed by atoms with Crippen LogP contribution in [0.15, 0.2) is 35.1 Å². The number of alkyl halides is 3. The molecule has 1 aromatic carbocycles. The van der Waals surface area contributed by atoms with Crippen LogP contribution >= 0.6 is 0 Å². The fourth-order valence-corrected chi connectivity index (χ4v) is 1.70. The summed E-state index contributed by atoms with van der Waals surface area (Å²) in [7, 11) is 0. The van der Waals surface area contributed by atoms with Crippen molar-refractivity contribution in [2.45, 2.75) is 13.1 Å². The van der Waals surface area contributed by atoms with E-state index < -0.39 is 17.3 Å². The summed E-state index contributed by atoms with van der Waals surface area (Å²) in [6.45, 7) is 1.75. The smallest absolute Gasteiger partial charge is 0.419 e. The largest absolute Gasteiger partial charge is 0.493 e. The van der Waals surface area contributed by atoms with Gasteiger partial charge in [0.05, 0.1) is 17.9 Å². The van der Waals surface area contributed by atoms with Gasteiger partial charge >= 0.3 is 6.18 Å². The molecule has 0 aliphatic carbocycles. The van der Waals surface area contributed by atoms with Crippen molar-refractivity contribution in [2.75, 3.05) is 6.61 Å². The van der Waals surface area contributed by atoms with Gasteiger partial charge in [-0.3, -0.25) is 4.79 Å². The van der Waals surface area contributed by atoms with Crippen LogP contribution in [-0.2, 0) is 6.18 Å². The quantitative estimate of drug-likeness (QED) is 0.943. The first-order chi connectivity index (χ1) is 9.41. The first-order valence-corrected chi connectivity index (χ1v) is 5.82. The number of benzene rings is 1. The summed E-state index contributed by atoms with van der Waals surface area (Å²) in [6.07, 6.45) is -4.53. The van der Waals surface area contributed by atoms with Gasteiger partial charge in [0, 0.05) is 11.6 Å². The van der Waals surface area contributed by atoms with Crippen LogP contribution in [0.3, 0.4) is 0 Å². The molecule has 1 aromatic heterocycles. The predicted molar refractivity (Wildman–Crippen MR) is 66.5 cm³/mol. The SMILES string of the molecule is CCOc1ccc(-c2ccc(=O)[nH]n2)cc1C(F)(F)F. The van der Waals surface area contributed by atoms with E-state index in [9.17, 15) is 18.0 Å². The Morgan fingerprint density at radius 1 is 1.25 bits per heavy atom. The van der Waals surface area contributed by atoms with Crippen molar-refractivity contribution < 1.29 is 17.9 Å². The highest BCUT2D eigenvalue weighted by atomic mass is 19.4. The minimum absolute atomic E-state index is 0.138. The number of aromatic amines is 1. The fourth-order valence-electron chi connectivity index (χ4n) is 1.70. The standard InChI is InChI=1S/C13H11F3N2O2/c1-2-20-11-5-3-8(7-9(11)13(14,15)16)10-4-6-12(19)18-17-10/h3-7H,2H2,1H3,(H,18,19). The topological polar surface area (TPSA) is 55.0 Å². The van der Waals surface area contributed by atoms with Gasteiger partial charge in [0.2, 0.25) is 0 Å². The molecule has 0 saturated carbocycles. The average Bonchev–Trinajstić information content (AvgIpc) is 2.39. The lowest BCUT2D eigenvalue weighted by Crippen LogP contribution is -2.10. The Morgan fingerprint density at radius 3 is 2.55 bits per heavy atom. The van der Waals surface area contributed by atoms with E-state index in [-0.39, 0.29) is 23.6 Å². The molecule has 0 fully saturated rings. The van der Waals surface area contributed by atoms with Gasteiger partial charge in [0.15, 0.2) is 0 Å². The van der Waals surface area contributed by atoms with Crippen LogP contribution < -0.4 is 10.3 Å². The molecule has 0 atom stereocenters. The lowest BCUT2D eigenvalue weighted by atomic mass is 10.1. The first-order valence-electron chi connectivity index (χ1n) is 5.82. The van der Waals surface area contributed by atoms with Crippen molar-refractivity contribution in [3.63, 3.8) is 0 Å². The Bertz CT molecular complexity index is 645. The van der Waals surface area contributed by atoms with Crippen molar-refractivity contribution in [1.82, 2.24) is 10.2 Å². The van der Waals surface area contributed by atoms with E-state index in [1.807, 2.05) is 0 Å². The number of hydrogen-bond acceptors (Lipinski definition) is 3. The maximum absolute atomic E-state index is 13.0. The highest BCUT2D eigenvalue weighted by Crippen LogP contribution is 2.38. The van der Waals surface area contributed by atoms with Crippen LogP contribution in [0.5, 0.6) is 5.75 Å². The van der Waals surface area contributed by atoms with Gasteiger partial charge < -0.3 is 4.74 Å². The van der Waals surface area contributed by atoms with E-state index >= 15 is 0 Å². The molecule has 7 heteroatoms. The molecule has 20 heavy (non-hydrogen) atoms. The van der Waals surface area contributed by atoms with Crippen molar-refractivity contribution >= 4 is 0 Å². The van der Waals surface area contributed by atoms with Crippen LogP contribution in [0.4, 0.5) is 13.2 Å². The van der Waals surface area contributed by atoms with Crippen molar-refractivity contribution in [3.05, 3.63) is 46.2 Å². The Labute approximate surface area is 112 Å². The van der Waals surface area contributed by atoms with Gasteiger partial charge in [0.1, 0.15) is 5.75 Å². The van der Waals surface area contributed by atoms with Gasteiger partial charge in [-0.2, -0.15) is 18.3 Å². The van der Waals surface area contributed by atoms with Gasteiger partial charge in [-0.15, -0.1) is 0 Å². The number of nitrogens with one attached hydrogen (secondary N) is 1. The molecule has 2 aromatic rings. The molecule has 4 nitrogen and oxygen atoms in total. The van der Waals surface area contributed by atoms with Crippen LogP contribution in [0.25, 0.3) is 11.3 Å². The zero-order chi connectivity index (χ0) is 14.8. The monoisotopic (exact) mass is 284 g/mol. The summed E-state index contributed by atoms with van der Waals surface area (Å²) in [4.78, 5) is 10.9. The van der Waals surface area contributed by atoms with Crippen LogP contribution in [-0.4, -0.2) is 16.8 Å². The molecule has 0 spiro atoms. The van der Waals surface area contributed by atoms with Crippen LogP contribution in [0, 0.1) is 0 Å². The Balaban J connectivity index is 2.51. The Hall–Kier alpha value is -2.31. The van der Waals surface area contributed by atoms with Gasteiger partial charge in [-0.1, -0.05) is 0 Å². The molecule has 1 N–H and O–H groups in total. The minimum Gasteiger partial charge on any atom is -0.493 e. The van der Waals surface area contributed by atoms with E-state index in [1.54, 1.807) is 6.92 Å². The lowest BCUT2D eigenvalue weighted by molar-refractivity contribution is -0.138. The first kappa shape index (κ1) is 14.1. The zero-order valence-corrected chi connectivity index (χ0v) is 10.5. The lowest BCUT2D eigenvalue weighted by Gasteiger charge is -2.14. The molecule has 0 aliphatic heterocycles. The second kappa shape index (κ2) is 5.36. The number of hydrogen-bond donors (Lipinski definition) is 1. The maximum atomic E-state index is 13.0. The second-order valence-electron chi connectivity index (χ2n) is 3.95. The maximum Gasteiger partial charge on any atom is 0.419 e. The van der Waals surface area contributed by atoms with E-state index in [0.717, 1.165) is 6.07 Å². The Morgan fingerprint density at radius 2 is 2.00 bits per heavy atom. The summed E-state index contributed by atoms with van der Waals surface area (Å²) >= 11 is 0. The summed E-state index contributed by atoms with van der Waals surface area (Å²) < 4.78 is 43.9. The molecule has 106 valence electrons. The highest BCUT2D eigenvalue weighted by Gasteiger charge is 2.34. The molecular weight excluding hydrogens is 273 g/mol. The van der Waals surface area contributed by atoms with E-state index in [4.69, 9.17) is 4.74 Å². The third-order valence-corrected chi connectivity index (χ3v) is 2.56. The molecule has 0 unspecified atom stereocenters. The number of rotatable bonds is 3. The van der Waals surface area contributed by atoms with E-state index in [1.165, 1.54) is 24.3 Å². The van der Waals surface area contributed by atoms with Crippen molar-refractivity contribution in [1.29, 1.82) is 0 Å². The predicted octanol–water partition coefficient (Wildman–Crippen LogP) is 2.85. The third-order valence-electron chi connectivity index (χ3n) is 2.56. The molecule has 0 bridgehead atoms. The van der Waals surface area contributed by atoms with E-state index in [0.29, 0.717) is 0 Å². The molecular formula is C13H11F3N2O2. The molecule has 0 saturated heterocycles. The highest BCUT2D eigenvalue weighted by molar-refractivity contribution is 5.62. The van der Waals surface area contributed by atoms with Crippen molar-refractivity contribution in [3.8, 4) is 17.0 Å². The minimum atomic E-state index is -4.53. The fraction of sp³-hybridized carbons (Fsp3) is 0.231. The zero-order valence-electron chi connectivity index (χ0n) is 10.5. The molecule has 2 rings (SSSR count). The van der Waals surface area contributed by atoms with Crippen molar-refractivity contribution in [2.24, 2.45) is 0 Å². The number of ether oxygens (including phenoxy) is 1. The molecule has 0 radical (unpaired) electrons. The van der Waals surface area contributed by atoms with Crippen LogP contribution in [0.1, 0.15) is 12.5 Å². The molecule has 0 amide bonds. The summed E-state index contributed by atoms with van der Waals surface area (Å²) in [5.41, 5.74) is -0.796. The summed E-state index contributed by atoms with van der Waals surface area (Å²) in [6, 6.07) is 6.21. The molecule has 0 aliphatic rings. The number of nitrogens with zero attached hydrogens (tertiary/aromatic N) is 1. The summed E-state index contributed by atoms with van der Waals surface area (Å²) in [5, 5.41) is 5.88. The van der Waals surface area contributed by atoms with Gasteiger partial charge in [0.25, 0.3) is 5.56 Å². The third kappa shape index (κ3) is 2.98.